The largest absolute Gasteiger partial charge is 0.433 e. The van der Waals surface area contributed by atoms with Gasteiger partial charge in [-0.15, -0.1) is 23.4 Å². The molecule has 3 aromatic rings. The van der Waals surface area contributed by atoms with E-state index >= 15 is 0 Å². The van der Waals surface area contributed by atoms with Crippen molar-refractivity contribution in [3.63, 3.8) is 0 Å². The number of hydrogen-bond acceptors (Lipinski definition) is 4. The van der Waals surface area contributed by atoms with Crippen LogP contribution in [0.4, 0.5) is 13.2 Å². The number of alkyl halides is 4. The number of pyridine rings is 1. The van der Waals surface area contributed by atoms with Crippen LogP contribution >= 0.6 is 23.4 Å². The van der Waals surface area contributed by atoms with Gasteiger partial charge in [0.05, 0.1) is 22.6 Å². The standard InChI is InChI=1S/C17H17ClF3N5S/c1-3-27-16-13(24-14-9(18)5-4-6-26(14)16)15-23-10-7-12(17(19,20)21)22-8-11(10)25(15)2/h7-9H,3-6H2,1-2H3. The summed E-state index contributed by atoms with van der Waals surface area (Å²) in [6, 6.07) is 0.978. The Labute approximate surface area is 163 Å². The van der Waals surface area contributed by atoms with Gasteiger partial charge < -0.3 is 9.13 Å². The van der Waals surface area contributed by atoms with Crippen molar-refractivity contribution >= 4 is 34.4 Å². The van der Waals surface area contributed by atoms with Crippen LogP contribution in [0, 0.1) is 0 Å². The fourth-order valence-corrected chi connectivity index (χ4v) is 4.56. The van der Waals surface area contributed by atoms with Gasteiger partial charge in [0.25, 0.3) is 0 Å². The molecule has 0 radical (unpaired) electrons. The van der Waals surface area contributed by atoms with Gasteiger partial charge in [-0.2, -0.15) is 13.2 Å². The first-order chi connectivity index (χ1) is 12.8. The van der Waals surface area contributed by atoms with Gasteiger partial charge in [0, 0.05) is 13.6 Å². The Hall–Kier alpha value is -1.74. The average Bonchev–Trinajstić information content (AvgIpc) is 3.14. The first kappa shape index (κ1) is 18.6. The van der Waals surface area contributed by atoms with E-state index < -0.39 is 11.9 Å². The van der Waals surface area contributed by atoms with Gasteiger partial charge in [0.1, 0.15) is 22.2 Å². The zero-order valence-electron chi connectivity index (χ0n) is 14.7. The second-order valence-electron chi connectivity index (χ2n) is 6.37. The summed E-state index contributed by atoms with van der Waals surface area (Å²) in [6.45, 7) is 2.88. The highest BCUT2D eigenvalue weighted by atomic mass is 35.5. The molecule has 0 aliphatic carbocycles. The first-order valence-electron chi connectivity index (χ1n) is 8.58. The number of thioether (sulfide) groups is 1. The third kappa shape index (κ3) is 3.10. The van der Waals surface area contributed by atoms with Gasteiger partial charge in [0.2, 0.25) is 0 Å². The molecule has 3 aromatic heterocycles. The van der Waals surface area contributed by atoms with Crippen molar-refractivity contribution < 1.29 is 13.2 Å². The molecule has 27 heavy (non-hydrogen) atoms. The molecule has 0 saturated heterocycles. The molecular formula is C17H17ClF3N5S. The predicted molar refractivity (Wildman–Crippen MR) is 99.0 cm³/mol. The minimum atomic E-state index is -4.51. The number of halogens is 4. The monoisotopic (exact) mass is 415 g/mol. The van der Waals surface area contributed by atoms with Gasteiger partial charge in [-0.25, -0.2) is 15.0 Å². The summed E-state index contributed by atoms with van der Waals surface area (Å²) >= 11 is 8.09. The SMILES string of the molecule is CCSc1c(-c2nc3cc(C(F)(F)F)ncc3n2C)nc2n1CCCC2Cl. The van der Waals surface area contributed by atoms with Crippen molar-refractivity contribution in [1.29, 1.82) is 0 Å². The van der Waals surface area contributed by atoms with Crippen LogP contribution in [0.1, 0.15) is 36.7 Å². The van der Waals surface area contributed by atoms with Crippen LogP contribution in [0.5, 0.6) is 0 Å². The predicted octanol–water partition coefficient (Wildman–Crippen LogP) is 5.04. The van der Waals surface area contributed by atoms with Gasteiger partial charge in [0.15, 0.2) is 5.82 Å². The summed E-state index contributed by atoms with van der Waals surface area (Å²) in [4.78, 5) is 12.7. The number of aromatic nitrogens is 5. The van der Waals surface area contributed by atoms with Crippen LogP contribution in [-0.4, -0.2) is 29.8 Å². The molecule has 10 heteroatoms. The topological polar surface area (TPSA) is 48.5 Å². The van der Waals surface area contributed by atoms with Crippen molar-refractivity contribution in [1.82, 2.24) is 24.1 Å². The first-order valence-corrected chi connectivity index (χ1v) is 10.0. The number of fused-ring (bicyclic) bond motifs is 2. The van der Waals surface area contributed by atoms with Crippen LogP contribution in [-0.2, 0) is 19.8 Å². The van der Waals surface area contributed by atoms with E-state index in [1.807, 2.05) is 6.92 Å². The summed E-state index contributed by atoms with van der Waals surface area (Å²) in [6.07, 6.45) is -1.47. The lowest BCUT2D eigenvalue weighted by Crippen LogP contribution is -2.13. The summed E-state index contributed by atoms with van der Waals surface area (Å²) in [5.74, 6) is 2.16. The lowest BCUT2D eigenvalue weighted by molar-refractivity contribution is -0.141. The lowest BCUT2D eigenvalue weighted by atomic mass is 10.1. The van der Waals surface area contributed by atoms with Crippen LogP contribution < -0.4 is 0 Å². The molecule has 1 aliphatic heterocycles. The highest BCUT2D eigenvalue weighted by Gasteiger charge is 2.33. The number of imidazole rings is 2. The van der Waals surface area contributed by atoms with Crippen molar-refractivity contribution in [2.45, 2.75) is 42.9 Å². The number of rotatable bonds is 3. The van der Waals surface area contributed by atoms with Crippen LogP contribution in [0.2, 0.25) is 0 Å². The second kappa shape index (κ2) is 6.70. The molecule has 0 amide bonds. The normalized spacial score (nSPS) is 17.5. The summed E-state index contributed by atoms with van der Waals surface area (Å²) in [5.41, 5.74) is 0.485. The summed E-state index contributed by atoms with van der Waals surface area (Å²) in [5, 5.41) is 0.789. The van der Waals surface area contributed by atoms with E-state index in [-0.39, 0.29) is 10.9 Å². The van der Waals surface area contributed by atoms with E-state index in [1.54, 1.807) is 23.4 Å². The van der Waals surface area contributed by atoms with Crippen LogP contribution in [0.15, 0.2) is 17.3 Å². The minimum Gasteiger partial charge on any atom is -0.324 e. The third-order valence-electron chi connectivity index (χ3n) is 4.62. The third-order valence-corrected chi connectivity index (χ3v) is 6.01. The Morgan fingerprint density at radius 2 is 2.11 bits per heavy atom. The van der Waals surface area contributed by atoms with E-state index in [1.165, 1.54) is 6.20 Å². The van der Waals surface area contributed by atoms with E-state index in [0.29, 0.717) is 17.0 Å². The molecule has 144 valence electrons. The van der Waals surface area contributed by atoms with Gasteiger partial charge >= 0.3 is 6.18 Å². The van der Waals surface area contributed by atoms with Crippen molar-refractivity contribution in [2.24, 2.45) is 7.05 Å². The molecule has 0 aromatic carbocycles. The summed E-state index contributed by atoms with van der Waals surface area (Å²) in [7, 11) is 1.76. The highest BCUT2D eigenvalue weighted by Crippen LogP contribution is 2.40. The van der Waals surface area contributed by atoms with Gasteiger partial charge in [-0.05, 0) is 24.7 Å². The molecule has 0 saturated carbocycles. The van der Waals surface area contributed by atoms with Crippen molar-refractivity contribution in [2.75, 3.05) is 5.75 Å². The zero-order valence-corrected chi connectivity index (χ0v) is 16.3. The van der Waals surface area contributed by atoms with E-state index in [9.17, 15) is 13.2 Å². The van der Waals surface area contributed by atoms with Crippen LogP contribution in [0.3, 0.4) is 0 Å². The molecular weight excluding hydrogens is 399 g/mol. The molecule has 4 heterocycles. The van der Waals surface area contributed by atoms with Crippen molar-refractivity contribution in [3.05, 3.63) is 23.8 Å². The Morgan fingerprint density at radius 3 is 2.81 bits per heavy atom. The molecule has 0 spiro atoms. The van der Waals surface area contributed by atoms with Gasteiger partial charge in [-0.1, -0.05) is 6.92 Å². The quantitative estimate of drug-likeness (QED) is 0.444. The fraction of sp³-hybridized carbons (Fsp3) is 0.471. The maximum atomic E-state index is 13.0. The number of hydrogen-bond donors (Lipinski definition) is 0. The Balaban J connectivity index is 1.90. The molecule has 1 unspecified atom stereocenters. The fourth-order valence-electron chi connectivity index (χ4n) is 3.35. The maximum Gasteiger partial charge on any atom is 0.433 e. The molecule has 0 fully saturated rings. The van der Waals surface area contributed by atoms with Crippen molar-refractivity contribution in [3.8, 4) is 11.5 Å². The Kier molecular flexibility index (Phi) is 4.62. The minimum absolute atomic E-state index is 0.170. The Morgan fingerprint density at radius 1 is 1.33 bits per heavy atom. The van der Waals surface area contributed by atoms with Gasteiger partial charge in [-0.3, -0.25) is 0 Å². The van der Waals surface area contributed by atoms with Crippen LogP contribution in [0.25, 0.3) is 22.6 Å². The number of aryl methyl sites for hydroxylation is 1. The molecule has 0 N–H and O–H groups in total. The molecule has 5 nitrogen and oxygen atoms in total. The maximum absolute atomic E-state index is 13.0. The average molecular weight is 416 g/mol. The van der Waals surface area contributed by atoms with E-state index in [4.69, 9.17) is 16.6 Å². The smallest absolute Gasteiger partial charge is 0.324 e. The lowest BCUT2D eigenvalue weighted by Gasteiger charge is -2.19. The zero-order chi connectivity index (χ0) is 19.3. The van der Waals surface area contributed by atoms with E-state index in [2.05, 4.69) is 14.5 Å². The second-order valence-corrected chi connectivity index (χ2v) is 8.15. The van der Waals surface area contributed by atoms with E-state index in [0.717, 1.165) is 42.1 Å². The number of nitrogens with zero attached hydrogens (tertiary/aromatic N) is 5. The molecule has 1 aliphatic rings. The molecule has 0 bridgehead atoms. The summed E-state index contributed by atoms with van der Waals surface area (Å²) < 4.78 is 42.8. The molecule has 4 rings (SSSR count). The Bertz CT molecular complexity index is 1010. The molecule has 1 atom stereocenters. The highest BCUT2D eigenvalue weighted by molar-refractivity contribution is 7.99.